The summed E-state index contributed by atoms with van der Waals surface area (Å²) in [6.45, 7) is 4.38. The number of hydrogen-bond acceptors (Lipinski definition) is 9. The lowest BCUT2D eigenvalue weighted by Crippen LogP contribution is -2.20. The van der Waals surface area contributed by atoms with Crippen LogP contribution in [0.25, 0.3) is 0 Å². The minimum atomic E-state index is -0.783. The van der Waals surface area contributed by atoms with Crippen LogP contribution in [0.4, 0.5) is 10.9 Å². The highest BCUT2D eigenvalue weighted by Crippen LogP contribution is 2.34. The van der Waals surface area contributed by atoms with Crippen LogP contribution in [0.2, 0.25) is 0 Å². The van der Waals surface area contributed by atoms with Crippen LogP contribution in [0.5, 0.6) is 0 Å². The van der Waals surface area contributed by atoms with Gasteiger partial charge in [-0.05, 0) is 31.3 Å². The maximum atomic E-state index is 12.2. The van der Waals surface area contributed by atoms with Crippen molar-refractivity contribution >= 4 is 39.9 Å². The monoisotopic (exact) mass is 381 g/mol. The van der Waals surface area contributed by atoms with Gasteiger partial charge in [-0.1, -0.05) is 4.98 Å². The number of thiophene rings is 1. The number of anilines is 1. The molecule has 2 heterocycles. The van der Waals surface area contributed by atoms with Gasteiger partial charge in [0.15, 0.2) is 5.78 Å². The van der Waals surface area contributed by atoms with Gasteiger partial charge in [-0.3, -0.25) is 9.59 Å². The quantitative estimate of drug-likeness (QED) is 0.329. The Balaban J connectivity index is 2.24. The van der Waals surface area contributed by atoms with Gasteiger partial charge < -0.3 is 20.2 Å². The average molecular weight is 381 g/mol. The maximum absolute atomic E-state index is 12.2. The van der Waals surface area contributed by atoms with Crippen LogP contribution < -0.4 is 5.32 Å². The molecule has 0 unspecified atom stereocenters. The van der Waals surface area contributed by atoms with Crippen molar-refractivity contribution in [3.8, 4) is 0 Å². The highest BCUT2D eigenvalue weighted by atomic mass is 32.1. The van der Waals surface area contributed by atoms with Gasteiger partial charge in [0.05, 0.1) is 17.0 Å². The number of nitrogens with one attached hydrogen (secondary N) is 1. The Morgan fingerprint density at radius 2 is 2.12 bits per heavy atom. The maximum Gasteiger partial charge on any atom is 0.490 e. The molecule has 0 aromatic carbocycles. The highest BCUT2D eigenvalue weighted by molar-refractivity contribution is 7.18. The van der Waals surface area contributed by atoms with E-state index in [1.54, 1.807) is 13.8 Å². The number of esters is 1. The van der Waals surface area contributed by atoms with Crippen molar-refractivity contribution in [1.82, 2.24) is 14.8 Å². The van der Waals surface area contributed by atoms with E-state index in [1.165, 1.54) is 6.92 Å². The molecule has 26 heavy (non-hydrogen) atoms. The predicted octanol–water partition coefficient (Wildman–Crippen LogP) is 1.57. The van der Waals surface area contributed by atoms with E-state index < -0.39 is 22.7 Å². The summed E-state index contributed by atoms with van der Waals surface area (Å²) in [7, 11) is 0. The van der Waals surface area contributed by atoms with Gasteiger partial charge in [0.2, 0.25) is 12.2 Å². The summed E-state index contributed by atoms with van der Waals surface area (Å²) >= 11 is 0.962. The molecule has 1 N–H and O–H groups in total. The number of carbonyl (C=O) groups is 3. The molecular formula is C14H15N5O6S. The largest absolute Gasteiger partial charge is 0.490 e. The van der Waals surface area contributed by atoms with Crippen molar-refractivity contribution in [2.75, 3.05) is 11.9 Å². The summed E-state index contributed by atoms with van der Waals surface area (Å²) in [5, 5.41) is 16.8. The molecule has 0 fully saturated rings. The average Bonchev–Trinajstić information content (AvgIpc) is 3.12. The number of amides is 1. The summed E-state index contributed by atoms with van der Waals surface area (Å²) in [6.07, 6.45) is 1.05. The van der Waals surface area contributed by atoms with Crippen molar-refractivity contribution in [3.63, 3.8) is 0 Å². The number of aromatic nitrogens is 3. The van der Waals surface area contributed by atoms with Gasteiger partial charge in [0.25, 0.3) is 0 Å². The molecule has 0 radical (unpaired) electrons. The van der Waals surface area contributed by atoms with Gasteiger partial charge >= 0.3 is 11.9 Å². The van der Waals surface area contributed by atoms with E-state index in [9.17, 15) is 24.5 Å². The first-order valence-corrected chi connectivity index (χ1v) is 8.21. The van der Waals surface area contributed by atoms with Crippen molar-refractivity contribution < 1.29 is 24.0 Å². The summed E-state index contributed by atoms with van der Waals surface area (Å²) in [6, 6.07) is 0. The molecular weight excluding hydrogens is 366 g/mol. The zero-order valence-electron chi connectivity index (χ0n) is 14.1. The second-order valence-electron chi connectivity index (χ2n) is 5.08. The standard InChI is InChI=1S/C14H15N5O6S/c1-4-25-13(22)10-7(2)11(8(3)20)26-12(10)16-9(21)5-18-6-15-14(17-18)19(23)24/h6H,4-5H2,1-3H3,(H,16,21). The van der Waals surface area contributed by atoms with E-state index in [2.05, 4.69) is 15.4 Å². The van der Waals surface area contributed by atoms with Crippen LogP contribution in [0.1, 0.15) is 39.4 Å². The molecule has 138 valence electrons. The van der Waals surface area contributed by atoms with Crippen molar-refractivity contribution in [2.24, 2.45) is 0 Å². The number of hydrogen-bond donors (Lipinski definition) is 1. The zero-order valence-corrected chi connectivity index (χ0v) is 15.0. The second kappa shape index (κ2) is 7.82. The van der Waals surface area contributed by atoms with Gasteiger partial charge in [0.1, 0.15) is 11.5 Å². The van der Waals surface area contributed by atoms with Gasteiger partial charge in [0, 0.05) is 5.10 Å². The fourth-order valence-electron chi connectivity index (χ4n) is 2.14. The van der Waals surface area contributed by atoms with Crippen LogP contribution in [0.3, 0.4) is 0 Å². The molecule has 11 nitrogen and oxygen atoms in total. The number of rotatable bonds is 7. The van der Waals surface area contributed by atoms with Crippen LogP contribution in [0.15, 0.2) is 6.33 Å². The fourth-order valence-corrected chi connectivity index (χ4v) is 3.25. The Morgan fingerprint density at radius 3 is 2.65 bits per heavy atom. The molecule has 0 aliphatic rings. The lowest BCUT2D eigenvalue weighted by atomic mass is 10.1. The zero-order chi connectivity index (χ0) is 19.4. The summed E-state index contributed by atoms with van der Waals surface area (Å²) < 4.78 is 5.96. The topological polar surface area (TPSA) is 146 Å². The molecule has 0 bridgehead atoms. The number of Topliss-reactive ketones (excluding diaryl/α,β-unsaturated/α-hetero) is 1. The first kappa shape index (κ1) is 19.2. The van der Waals surface area contributed by atoms with Crippen LogP contribution in [0, 0.1) is 17.0 Å². The Kier molecular flexibility index (Phi) is 5.77. The van der Waals surface area contributed by atoms with E-state index in [4.69, 9.17) is 4.74 Å². The molecule has 2 aromatic heterocycles. The summed E-state index contributed by atoms with van der Waals surface area (Å²) in [5.41, 5.74) is 0.535. The number of ether oxygens (including phenoxy) is 1. The van der Waals surface area contributed by atoms with Gasteiger partial charge in [-0.25, -0.2) is 4.79 Å². The van der Waals surface area contributed by atoms with E-state index in [0.717, 1.165) is 22.3 Å². The van der Waals surface area contributed by atoms with Crippen molar-refractivity contribution in [2.45, 2.75) is 27.3 Å². The third-order valence-electron chi connectivity index (χ3n) is 3.19. The number of ketones is 1. The van der Waals surface area contributed by atoms with Crippen LogP contribution >= 0.6 is 11.3 Å². The highest BCUT2D eigenvalue weighted by Gasteiger charge is 2.25. The molecule has 0 saturated heterocycles. The van der Waals surface area contributed by atoms with E-state index in [1.807, 2.05) is 0 Å². The minimum absolute atomic E-state index is 0.111. The third kappa shape index (κ3) is 4.08. The van der Waals surface area contributed by atoms with E-state index in [-0.39, 0.29) is 29.5 Å². The second-order valence-corrected chi connectivity index (χ2v) is 6.11. The first-order valence-electron chi connectivity index (χ1n) is 7.39. The van der Waals surface area contributed by atoms with Crippen molar-refractivity contribution in [1.29, 1.82) is 0 Å². The lowest BCUT2D eigenvalue weighted by Gasteiger charge is -2.06. The normalized spacial score (nSPS) is 10.4. The third-order valence-corrected chi connectivity index (χ3v) is 4.50. The molecule has 0 spiro atoms. The lowest BCUT2D eigenvalue weighted by molar-refractivity contribution is -0.394. The molecule has 1 amide bonds. The Bertz CT molecular complexity index is 887. The number of nitrogens with zero attached hydrogens (tertiary/aromatic N) is 4. The van der Waals surface area contributed by atoms with E-state index in [0.29, 0.717) is 10.4 Å². The Labute approximate surface area is 151 Å². The number of nitro groups is 1. The summed E-state index contributed by atoms with van der Waals surface area (Å²) in [4.78, 5) is 49.6. The van der Waals surface area contributed by atoms with Gasteiger partial charge in [-0.15, -0.1) is 11.3 Å². The van der Waals surface area contributed by atoms with Crippen LogP contribution in [-0.2, 0) is 16.1 Å². The Morgan fingerprint density at radius 1 is 1.42 bits per heavy atom. The molecule has 12 heteroatoms. The van der Waals surface area contributed by atoms with Crippen LogP contribution in [-0.4, -0.2) is 44.0 Å². The fraction of sp³-hybridized carbons (Fsp3) is 0.357. The van der Waals surface area contributed by atoms with Gasteiger partial charge in [-0.2, -0.15) is 4.68 Å². The number of carbonyl (C=O) groups excluding carboxylic acids is 3. The summed E-state index contributed by atoms with van der Waals surface area (Å²) in [5.74, 6) is -2.12. The first-order chi connectivity index (χ1) is 12.2. The van der Waals surface area contributed by atoms with E-state index >= 15 is 0 Å². The minimum Gasteiger partial charge on any atom is -0.462 e. The predicted molar refractivity (Wildman–Crippen MR) is 90.3 cm³/mol. The molecule has 2 rings (SSSR count). The molecule has 0 saturated carbocycles. The SMILES string of the molecule is CCOC(=O)c1c(NC(=O)Cn2cnc([N+](=O)[O-])n2)sc(C(C)=O)c1C. The molecule has 0 aliphatic carbocycles. The Hall–Kier alpha value is -3.15. The molecule has 0 atom stereocenters. The van der Waals surface area contributed by atoms with Crippen molar-refractivity contribution in [3.05, 3.63) is 32.4 Å². The molecule has 0 aliphatic heterocycles. The molecule has 2 aromatic rings. The smallest absolute Gasteiger partial charge is 0.462 e.